The van der Waals surface area contributed by atoms with Crippen molar-refractivity contribution in [2.75, 3.05) is 12.8 Å². The zero-order valence-electron chi connectivity index (χ0n) is 10.5. The first-order valence-electron chi connectivity index (χ1n) is 5.51. The number of nitrogen functional groups attached to an aromatic ring is 1. The molecule has 1 aromatic carbocycles. The lowest BCUT2D eigenvalue weighted by atomic mass is 10.1. The molecule has 0 amide bonds. The highest BCUT2D eigenvalue weighted by molar-refractivity contribution is 5.96. The summed E-state index contributed by atoms with van der Waals surface area (Å²) in [7, 11) is 1.48. The molecule has 7 heteroatoms. The van der Waals surface area contributed by atoms with E-state index in [9.17, 15) is 4.79 Å². The zero-order valence-corrected chi connectivity index (χ0v) is 10.5. The van der Waals surface area contributed by atoms with Crippen LogP contribution in [0.3, 0.4) is 0 Å². The maximum Gasteiger partial charge on any atom is 0.340 e. The molecule has 0 saturated heterocycles. The number of carbonyl (C=O) groups is 1. The van der Waals surface area contributed by atoms with E-state index in [1.54, 1.807) is 25.1 Å². The molecule has 0 unspecified atom stereocenters. The van der Waals surface area contributed by atoms with E-state index in [1.807, 2.05) is 0 Å². The number of hydrogen-bond acceptors (Lipinski definition) is 7. The first-order chi connectivity index (χ1) is 9.13. The predicted molar refractivity (Wildman–Crippen MR) is 65.6 cm³/mol. The quantitative estimate of drug-likeness (QED) is 0.655. The number of anilines is 1. The smallest absolute Gasteiger partial charge is 0.340 e. The van der Waals surface area contributed by atoms with E-state index in [-0.39, 0.29) is 17.9 Å². The lowest BCUT2D eigenvalue weighted by Gasteiger charge is -2.09. The molecule has 0 spiro atoms. The van der Waals surface area contributed by atoms with Gasteiger partial charge in [0, 0.05) is 0 Å². The summed E-state index contributed by atoms with van der Waals surface area (Å²) < 4.78 is 14.6. The van der Waals surface area contributed by atoms with Crippen LogP contribution in [0, 0.1) is 6.92 Å². The number of ether oxygens (including phenoxy) is 2. The molecule has 0 saturated carbocycles. The van der Waals surface area contributed by atoms with Gasteiger partial charge in [-0.25, -0.2) is 9.42 Å². The maximum absolute atomic E-state index is 11.9. The van der Waals surface area contributed by atoms with Gasteiger partial charge in [0.05, 0.1) is 18.4 Å². The Hall–Kier alpha value is -2.57. The number of rotatable bonds is 4. The van der Waals surface area contributed by atoms with Crippen LogP contribution < -0.4 is 10.5 Å². The van der Waals surface area contributed by atoms with Crippen LogP contribution >= 0.6 is 0 Å². The third kappa shape index (κ3) is 2.65. The first-order valence-corrected chi connectivity index (χ1v) is 5.51. The Bertz CT molecular complexity index is 594. The molecule has 1 heterocycles. The number of aryl methyl sites for hydroxylation is 1. The van der Waals surface area contributed by atoms with Crippen LogP contribution in [0.15, 0.2) is 22.8 Å². The minimum atomic E-state index is -0.557. The van der Waals surface area contributed by atoms with Gasteiger partial charge >= 0.3 is 5.97 Å². The molecular formula is C12H13N3O4. The predicted octanol–water partition coefficient (Wildman–Crippen LogP) is 1.33. The van der Waals surface area contributed by atoms with Gasteiger partial charge < -0.3 is 15.2 Å². The van der Waals surface area contributed by atoms with Gasteiger partial charge in [-0.1, -0.05) is 16.4 Å². The molecule has 0 aliphatic rings. The zero-order chi connectivity index (χ0) is 13.8. The fraction of sp³-hybridized carbons (Fsp3) is 0.250. The molecule has 7 nitrogen and oxygen atoms in total. The highest BCUT2D eigenvalue weighted by atomic mass is 16.6. The van der Waals surface area contributed by atoms with Crippen molar-refractivity contribution < 1.29 is 18.9 Å². The molecule has 2 aromatic rings. The summed E-state index contributed by atoms with van der Waals surface area (Å²) >= 11 is 0. The number of carbonyl (C=O) groups excluding carboxylic acids is 1. The molecule has 0 bridgehead atoms. The monoisotopic (exact) mass is 263 g/mol. The number of para-hydroxylation sites is 1. The van der Waals surface area contributed by atoms with E-state index in [4.69, 9.17) is 15.2 Å². The molecular weight excluding hydrogens is 250 g/mol. The maximum atomic E-state index is 11.9. The fourth-order valence-electron chi connectivity index (χ4n) is 1.49. The van der Waals surface area contributed by atoms with Gasteiger partial charge in [0.15, 0.2) is 0 Å². The summed E-state index contributed by atoms with van der Waals surface area (Å²) in [5.41, 5.74) is 7.33. The van der Waals surface area contributed by atoms with Crippen molar-refractivity contribution >= 4 is 11.7 Å². The number of aromatic nitrogens is 2. The SMILES string of the molecule is COc1cccc(C(=O)OCc2nonc2C)c1N. The minimum Gasteiger partial charge on any atom is -0.495 e. The number of hydrogen-bond donors (Lipinski definition) is 1. The van der Waals surface area contributed by atoms with Gasteiger partial charge in [-0.2, -0.15) is 0 Å². The summed E-state index contributed by atoms with van der Waals surface area (Å²) in [6, 6.07) is 4.89. The Morgan fingerprint density at radius 2 is 2.21 bits per heavy atom. The van der Waals surface area contributed by atoms with Crippen molar-refractivity contribution in [3.8, 4) is 5.75 Å². The lowest BCUT2D eigenvalue weighted by molar-refractivity contribution is 0.0464. The molecule has 0 atom stereocenters. The molecule has 19 heavy (non-hydrogen) atoms. The third-order valence-corrected chi connectivity index (χ3v) is 2.59. The van der Waals surface area contributed by atoms with Crippen LogP contribution in [0.2, 0.25) is 0 Å². The van der Waals surface area contributed by atoms with E-state index >= 15 is 0 Å². The summed E-state index contributed by atoms with van der Waals surface area (Å²) in [4.78, 5) is 11.9. The fourth-order valence-corrected chi connectivity index (χ4v) is 1.49. The molecule has 0 radical (unpaired) electrons. The van der Waals surface area contributed by atoms with E-state index in [0.717, 1.165) is 0 Å². The minimum absolute atomic E-state index is 0.0230. The Morgan fingerprint density at radius 1 is 1.42 bits per heavy atom. The number of nitrogens with zero attached hydrogens (tertiary/aromatic N) is 2. The summed E-state index contributed by atoms with van der Waals surface area (Å²) in [6.45, 7) is 1.68. The van der Waals surface area contributed by atoms with Crippen LogP contribution in [0.4, 0.5) is 5.69 Å². The van der Waals surface area contributed by atoms with Crippen molar-refractivity contribution in [2.24, 2.45) is 0 Å². The average molecular weight is 263 g/mol. The normalized spacial score (nSPS) is 10.2. The van der Waals surface area contributed by atoms with Crippen LogP contribution in [0.5, 0.6) is 5.75 Å². The molecule has 1 aromatic heterocycles. The van der Waals surface area contributed by atoms with Gasteiger partial charge in [-0.15, -0.1) is 0 Å². The molecule has 2 N–H and O–H groups in total. The van der Waals surface area contributed by atoms with E-state index in [2.05, 4.69) is 14.9 Å². The summed E-state index contributed by atoms with van der Waals surface area (Å²) in [6.07, 6.45) is 0. The standard InChI is InChI=1S/C12H13N3O4/c1-7-9(15-19-14-7)6-18-12(16)8-4-3-5-10(17-2)11(8)13/h3-5H,6,13H2,1-2H3. The molecule has 0 aliphatic heterocycles. The number of esters is 1. The van der Waals surface area contributed by atoms with Crippen LogP contribution in [-0.4, -0.2) is 23.4 Å². The average Bonchev–Trinajstić information content (AvgIpc) is 2.82. The second-order valence-electron chi connectivity index (χ2n) is 3.79. The Morgan fingerprint density at radius 3 is 2.84 bits per heavy atom. The first kappa shape index (κ1) is 12.9. The van der Waals surface area contributed by atoms with Gasteiger partial charge in [0.1, 0.15) is 23.7 Å². The van der Waals surface area contributed by atoms with E-state index < -0.39 is 5.97 Å². The second kappa shape index (κ2) is 5.38. The Labute approximate surface area is 109 Å². The Balaban J connectivity index is 2.10. The largest absolute Gasteiger partial charge is 0.495 e. The summed E-state index contributed by atoms with van der Waals surface area (Å²) in [5, 5.41) is 7.21. The van der Waals surface area contributed by atoms with E-state index in [0.29, 0.717) is 17.1 Å². The number of benzene rings is 1. The number of nitrogens with two attached hydrogens (primary N) is 1. The lowest BCUT2D eigenvalue weighted by Crippen LogP contribution is -2.09. The van der Waals surface area contributed by atoms with Crippen molar-refractivity contribution in [1.82, 2.24) is 10.3 Å². The van der Waals surface area contributed by atoms with Crippen molar-refractivity contribution in [2.45, 2.75) is 13.5 Å². The summed E-state index contributed by atoms with van der Waals surface area (Å²) in [5.74, 6) is -0.132. The molecule has 100 valence electrons. The number of methoxy groups -OCH3 is 1. The van der Waals surface area contributed by atoms with Gasteiger partial charge in [-0.05, 0) is 19.1 Å². The highest BCUT2D eigenvalue weighted by Gasteiger charge is 2.16. The highest BCUT2D eigenvalue weighted by Crippen LogP contribution is 2.25. The van der Waals surface area contributed by atoms with Gasteiger partial charge in [0.25, 0.3) is 0 Å². The Kier molecular flexibility index (Phi) is 3.65. The second-order valence-corrected chi connectivity index (χ2v) is 3.79. The molecule has 2 rings (SSSR count). The topological polar surface area (TPSA) is 100 Å². The van der Waals surface area contributed by atoms with Gasteiger partial charge in [-0.3, -0.25) is 0 Å². The van der Waals surface area contributed by atoms with Crippen molar-refractivity contribution in [3.05, 3.63) is 35.2 Å². The van der Waals surface area contributed by atoms with Crippen LogP contribution in [0.25, 0.3) is 0 Å². The van der Waals surface area contributed by atoms with Crippen LogP contribution in [0.1, 0.15) is 21.7 Å². The molecule has 0 aliphatic carbocycles. The molecule has 0 fully saturated rings. The van der Waals surface area contributed by atoms with Crippen LogP contribution in [-0.2, 0) is 11.3 Å². The van der Waals surface area contributed by atoms with Crippen molar-refractivity contribution in [1.29, 1.82) is 0 Å². The van der Waals surface area contributed by atoms with Gasteiger partial charge in [0.2, 0.25) is 0 Å². The third-order valence-electron chi connectivity index (χ3n) is 2.59. The van der Waals surface area contributed by atoms with Crippen molar-refractivity contribution in [3.63, 3.8) is 0 Å². The van der Waals surface area contributed by atoms with E-state index in [1.165, 1.54) is 7.11 Å².